The summed E-state index contributed by atoms with van der Waals surface area (Å²) < 4.78 is 10.2. The fourth-order valence-corrected chi connectivity index (χ4v) is 4.06. The zero-order valence-corrected chi connectivity index (χ0v) is 17.3. The Bertz CT molecular complexity index is 1250. The zero-order chi connectivity index (χ0) is 22.0. The molecule has 31 heavy (non-hydrogen) atoms. The van der Waals surface area contributed by atoms with Crippen LogP contribution in [0.1, 0.15) is 28.7 Å². The molecule has 0 radical (unpaired) electrons. The number of anilines is 1. The first-order valence-electron chi connectivity index (χ1n) is 9.44. The number of hydrogen-bond donors (Lipinski definition) is 3. The molecular formula is C20H18N4O6S. The number of H-pyrrole nitrogens is 1. The van der Waals surface area contributed by atoms with E-state index in [0.717, 1.165) is 5.56 Å². The topological polar surface area (TPSA) is 139 Å². The van der Waals surface area contributed by atoms with E-state index in [9.17, 15) is 19.2 Å². The molecule has 0 atom stereocenters. The van der Waals surface area contributed by atoms with Crippen molar-refractivity contribution < 1.29 is 23.9 Å². The normalized spacial score (nSPS) is 12.6. The van der Waals surface area contributed by atoms with E-state index in [-0.39, 0.29) is 43.3 Å². The maximum atomic E-state index is 12.5. The number of nitrogens with zero attached hydrogens (tertiary/aromatic N) is 1. The molecule has 0 bridgehead atoms. The highest BCUT2D eigenvalue weighted by atomic mass is 32.1. The molecule has 0 saturated carbocycles. The first-order chi connectivity index (χ1) is 14.9. The number of nitrogens with one attached hydrogen (secondary N) is 3. The number of benzene rings is 1. The van der Waals surface area contributed by atoms with E-state index >= 15 is 0 Å². The minimum atomic E-state index is -0.558. The van der Waals surface area contributed by atoms with Crippen LogP contribution in [0.5, 0.6) is 5.75 Å². The van der Waals surface area contributed by atoms with Crippen molar-refractivity contribution in [2.75, 3.05) is 18.5 Å². The summed E-state index contributed by atoms with van der Waals surface area (Å²) in [5.41, 5.74) is 1.28. The van der Waals surface area contributed by atoms with Crippen molar-refractivity contribution in [1.82, 2.24) is 15.3 Å². The SMILES string of the molecule is CCOC(=O)Cc1csc2nc(C(=O)NCc3ccc4c(c3)NC(=O)CO4)[nH]c(=O)c12. The van der Waals surface area contributed by atoms with Crippen molar-refractivity contribution in [2.24, 2.45) is 0 Å². The van der Waals surface area contributed by atoms with E-state index in [4.69, 9.17) is 9.47 Å². The standard InChI is InChI=1S/C20H18N4O6S/c1-2-29-15(26)6-11-9-31-20-16(11)18(27)23-17(24-20)19(28)21-7-10-3-4-13-12(5-10)22-14(25)8-30-13/h3-5,9H,2,6-8H2,1H3,(H,21,28)(H,22,25)(H,23,24,27). The lowest BCUT2D eigenvalue weighted by atomic mass is 10.1. The molecule has 3 N–H and O–H groups in total. The van der Waals surface area contributed by atoms with E-state index in [2.05, 4.69) is 20.6 Å². The largest absolute Gasteiger partial charge is 0.482 e. The quantitative estimate of drug-likeness (QED) is 0.490. The van der Waals surface area contributed by atoms with Gasteiger partial charge < -0.3 is 25.1 Å². The lowest BCUT2D eigenvalue weighted by Crippen LogP contribution is -2.28. The molecule has 2 aromatic heterocycles. The van der Waals surface area contributed by atoms with Crippen LogP contribution in [0.3, 0.4) is 0 Å². The van der Waals surface area contributed by atoms with Gasteiger partial charge in [0.1, 0.15) is 10.6 Å². The molecule has 0 unspecified atom stereocenters. The Labute approximate surface area is 179 Å². The summed E-state index contributed by atoms with van der Waals surface area (Å²) in [6, 6.07) is 5.17. The highest BCUT2D eigenvalue weighted by Crippen LogP contribution is 2.28. The molecule has 2 amide bonds. The van der Waals surface area contributed by atoms with Gasteiger partial charge in [0, 0.05) is 6.54 Å². The number of rotatable bonds is 6. The summed E-state index contributed by atoms with van der Waals surface area (Å²) >= 11 is 1.18. The predicted octanol–water partition coefficient (Wildman–Crippen LogP) is 1.35. The lowest BCUT2D eigenvalue weighted by Gasteiger charge is -2.18. The third-order valence-electron chi connectivity index (χ3n) is 4.51. The van der Waals surface area contributed by atoms with E-state index in [1.54, 1.807) is 30.5 Å². The Morgan fingerprint density at radius 3 is 2.97 bits per heavy atom. The van der Waals surface area contributed by atoms with Gasteiger partial charge in [-0.05, 0) is 35.6 Å². The molecule has 3 heterocycles. The third kappa shape index (κ3) is 4.40. The Morgan fingerprint density at radius 1 is 1.32 bits per heavy atom. The van der Waals surface area contributed by atoms with Gasteiger partial charge in [0.05, 0.1) is 24.1 Å². The maximum absolute atomic E-state index is 12.5. The number of amides is 2. The second kappa shape index (κ2) is 8.56. The first-order valence-corrected chi connectivity index (χ1v) is 10.3. The van der Waals surface area contributed by atoms with Crippen LogP contribution in [0.4, 0.5) is 5.69 Å². The van der Waals surface area contributed by atoms with E-state index in [1.165, 1.54) is 11.3 Å². The zero-order valence-electron chi connectivity index (χ0n) is 16.4. The molecule has 11 heteroatoms. The summed E-state index contributed by atoms with van der Waals surface area (Å²) in [4.78, 5) is 55.3. The molecule has 160 valence electrons. The minimum absolute atomic E-state index is 0.0329. The Balaban J connectivity index is 1.48. The highest BCUT2D eigenvalue weighted by Gasteiger charge is 2.19. The number of esters is 1. The highest BCUT2D eigenvalue weighted by molar-refractivity contribution is 7.16. The Morgan fingerprint density at radius 2 is 2.16 bits per heavy atom. The van der Waals surface area contributed by atoms with Gasteiger partial charge in [0.2, 0.25) is 5.82 Å². The van der Waals surface area contributed by atoms with Crippen LogP contribution in [0.15, 0.2) is 28.4 Å². The van der Waals surface area contributed by atoms with Gasteiger partial charge in [-0.25, -0.2) is 4.98 Å². The second-order valence-electron chi connectivity index (χ2n) is 6.69. The van der Waals surface area contributed by atoms with E-state index in [0.29, 0.717) is 21.8 Å². The van der Waals surface area contributed by atoms with Crippen LogP contribution in [0.25, 0.3) is 10.2 Å². The predicted molar refractivity (Wildman–Crippen MR) is 112 cm³/mol. The lowest BCUT2D eigenvalue weighted by molar-refractivity contribution is -0.142. The van der Waals surface area contributed by atoms with Gasteiger partial charge >= 0.3 is 5.97 Å². The maximum Gasteiger partial charge on any atom is 0.310 e. The molecule has 0 aliphatic carbocycles. The van der Waals surface area contributed by atoms with Gasteiger partial charge in [0.15, 0.2) is 6.61 Å². The van der Waals surface area contributed by atoms with Gasteiger partial charge in [-0.3, -0.25) is 19.2 Å². The van der Waals surface area contributed by atoms with Crippen molar-refractivity contribution in [2.45, 2.75) is 19.9 Å². The van der Waals surface area contributed by atoms with Crippen molar-refractivity contribution in [3.63, 3.8) is 0 Å². The van der Waals surface area contributed by atoms with Crippen LogP contribution < -0.4 is 20.9 Å². The second-order valence-corrected chi connectivity index (χ2v) is 7.55. The summed E-state index contributed by atoms with van der Waals surface area (Å²) in [5, 5.41) is 7.33. The number of carbonyl (C=O) groups is 3. The van der Waals surface area contributed by atoms with Crippen molar-refractivity contribution in [1.29, 1.82) is 0 Å². The number of thiophene rings is 1. The van der Waals surface area contributed by atoms with Crippen LogP contribution in [-0.2, 0) is 27.3 Å². The molecule has 0 spiro atoms. The average Bonchev–Trinajstić information content (AvgIpc) is 3.14. The molecule has 10 nitrogen and oxygen atoms in total. The van der Waals surface area contributed by atoms with Gasteiger partial charge in [-0.1, -0.05) is 6.07 Å². The summed E-state index contributed by atoms with van der Waals surface area (Å²) in [7, 11) is 0. The minimum Gasteiger partial charge on any atom is -0.482 e. The van der Waals surface area contributed by atoms with Crippen molar-refractivity contribution in [3.05, 3.63) is 50.9 Å². The number of aromatic amines is 1. The molecule has 3 aromatic rings. The monoisotopic (exact) mass is 442 g/mol. The van der Waals surface area contributed by atoms with Crippen LogP contribution in [0, 0.1) is 0 Å². The number of fused-ring (bicyclic) bond motifs is 2. The van der Waals surface area contributed by atoms with Gasteiger partial charge in [-0.2, -0.15) is 0 Å². The van der Waals surface area contributed by atoms with Gasteiger partial charge in [-0.15, -0.1) is 11.3 Å². The van der Waals surface area contributed by atoms with Crippen molar-refractivity contribution in [3.8, 4) is 5.75 Å². The number of aromatic nitrogens is 2. The van der Waals surface area contributed by atoms with E-state index < -0.39 is 17.4 Å². The molecule has 4 rings (SSSR count). The number of hydrogen-bond acceptors (Lipinski definition) is 8. The summed E-state index contributed by atoms with van der Waals surface area (Å²) in [6.07, 6.45) is -0.0390. The van der Waals surface area contributed by atoms with Gasteiger partial charge in [0.25, 0.3) is 17.4 Å². The Kier molecular flexibility index (Phi) is 5.67. The molecule has 0 saturated heterocycles. The number of carbonyl (C=O) groups excluding carboxylic acids is 3. The molecule has 1 aliphatic heterocycles. The molecular weight excluding hydrogens is 424 g/mol. The fourth-order valence-electron chi connectivity index (χ4n) is 3.12. The molecule has 0 fully saturated rings. The molecule has 1 aromatic carbocycles. The average molecular weight is 442 g/mol. The van der Waals surface area contributed by atoms with Crippen molar-refractivity contribution >= 4 is 45.0 Å². The van der Waals surface area contributed by atoms with Crippen LogP contribution >= 0.6 is 11.3 Å². The molecule has 1 aliphatic rings. The number of ether oxygens (including phenoxy) is 2. The smallest absolute Gasteiger partial charge is 0.310 e. The van der Waals surface area contributed by atoms with E-state index in [1.807, 2.05) is 0 Å². The summed E-state index contributed by atoms with van der Waals surface area (Å²) in [5.74, 6) is -0.812. The Hall–Kier alpha value is -3.73. The fraction of sp³-hybridized carbons (Fsp3) is 0.250. The third-order valence-corrected chi connectivity index (χ3v) is 5.43. The van der Waals surface area contributed by atoms with Crippen LogP contribution in [-0.4, -0.2) is 41.0 Å². The first kappa shape index (κ1) is 20.5. The summed E-state index contributed by atoms with van der Waals surface area (Å²) in [6.45, 7) is 2.08. The van der Waals surface area contributed by atoms with Crippen LogP contribution in [0.2, 0.25) is 0 Å².